The second-order valence-electron chi connectivity index (χ2n) is 5.97. The molecule has 0 radical (unpaired) electrons. The van der Waals surface area contributed by atoms with E-state index in [1.54, 1.807) is 17.8 Å². The third-order valence-electron chi connectivity index (χ3n) is 4.38. The SMILES string of the molecule is C=Cc1ccc2c(n1)SCN2c1cc(CN2CCCC2)ccn1. The lowest BCUT2D eigenvalue weighted by Gasteiger charge is -2.19. The standard InChI is InChI=1S/C18H20N4S/c1-2-15-5-6-16-18(20-15)23-13-22(16)17-11-14(7-8-19-17)12-21-9-3-4-10-21/h2,5-8,11H,1,3-4,9-10,12-13H2. The van der Waals surface area contributed by atoms with Crippen LogP contribution < -0.4 is 4.90 Å². The molecule has 0 spiro atoms. The molecule has 1 saturated heterocycles. The van der Waals surface area contributed by atoms with Crippen molar-refractivity contribution in [1.29, 1.82) is 0 Å². The van der Waals surface area contributed by atoms with E-state index < -0.39 is 0 Å². The van der Waals surface area contributed by atoms with E-state index in [4.69, 9.17) is 0 Å². The van der Waals surface area contributed by atoms with Crippen LogP contribution in [0.15, 0.2) is 42.1 Å². The molecule has 2 aliphatic heterocycles. The third-order valence-corrected chi connectivity index (χ3v) is 5.34. The van der Waals surface area contributed by atoms with Crippen LogP contribution in [0.25, 0.3) is 6.08 Å². The predicted molar refractivity (Wildman–Crippen MR) is 95.9 cm³/mol. The molecule has 0 N–H and O–H groups in total. The highest BCUT2D eigenvalue weighted by molar-refractivity contribution is 7.99. The molecule has 0 aromatic carbocycles. The molecule has 118 valence electrons. The Morgan fingerprint density at radius 2 is 2.09 bits per heavy atom. The first-order valence-corrected chi connectivity index (χ1v) is 9.03. The fourth-order valence-electron chi connectivity index (χ4n) is 3.16. The van der Waals surface area contributed by atoms with Gasteiger partial charge in [-0.2, -0.15) is 0 Å². The van der Waals surface area contributed by atoms with Crippen LogP contribution in [-0.4, -0.2) is 33.8 Å². The molecule has 23 heavy (non-hydrogen) atoms. The lowest BCUT2D eigenvalue weighted by atomic mass is 10.2. The number of anilines is 2. The van der Waals surface area contributed by atoms with Crippen LogP contribution in [-0.2, 0) is 6.54 Å². The Bertz CT molecular complexity index is 725. The van der Waals surface area contributed by atoms with Crippen molar-refractivity contribution in [3.8, 4) is 0 Å². The fourth-order valence-corrected chi connectivity index (χ4v) is 4.18. The lowest BCUT2D eigenvalue weighted by molar-refractivity contribution is 0.331. The summed E-state index contributed by atoms with van der Waals surface area (Å²) in [5.41, 5.74) is 3.41. The molecular weight excluding hydrogens is 304 g/mol. The van der Waals surface area contributed by atoms with Crippen LogP contribution in [0.1, 0.15) is 24.1 Å². The van der Waals surface area contributed by atoms with Gasteiger partial charge < -0.3 is 4.90 Å². The first kappa shape index (κ1) is 14.7. The van der Waals surface area contributed by atoms with Gasteiger partial charge in [-0.15, -0.1) is 0 Å². The van der Waals surface area contributed by atoms with Gasteiger partial charge in [-0.3, -0.25) is 4.90 Å². The molecule has 5 heteroatoms. The second-order valence-corrected chi connectivity index (χ2v) is 6.91. The highest BCUT2D eigenvalue weighted by atomic mass is 32.2. The van der Waals surface area contributed by atoms with Crippen LogP contribution in [0.4, 0.5) is 11.5 Å². The number of pyridine rings is 2. The van der Waals surface area contributed by atoms with E-state index in [9.17, 15) is 0 Å². The molecule has 2 aromatic rings. The van der Waals surface area contributed by atoms with E-state index in [0.29, 0.717) is 0 Å². The first-order valence-electron chi connectivity index (χ1n) is 8.04. The molecule has 2 aliphatic rings. The van der Waals surface area contributed by atoms with E-state index in [1.807, 2.05) is 12.3 Å². The maximum Gasteiger partial charge on any atom is 0.134 e. The largest absolute Gasteiger partial charge is 0.314 e. The minimum atomic E-state index is 0.864. The molecule has 0 saturated carbocycles. The summed E-state index contributed by atoms with van der Waals surface area (Å²) in [4.78, 5) is 14.0. The summed E-state index contributed by atoms with van der Waals surface area (Å²) in [6.07, 6.45) is 6.37. The van der Waals surface area contributed by atoms with Crippen LogP contribution in [0.5, 0.6) is 0 Å². The van der Waals surface area contributed by atoms with E-state index in [1.165, 1.54) is 31.5 Å². The summed E-state index contributed by atoms with van der Waals surface area (Å²) >= 11 is 1.76. The molecular formula is C18H20N4S. The maximum absolute atomic E-state index is 4.62. The van der Waals surface area contributed by atoms with Crippen LogP contribution >= 0.6 is 11.8 Å². The van der Waals surface area contributed by atoms with Crippen molar-refractivity contribution in [1.82, 2.24) is 14.9 Å². The van der Waals surface area contributed by atoms with Crippen molar-refractivity contribution in [3.63, 3.8) is 0 Å². The van der Waals surface area contributed by atoms with Crippen LogP contribution in [0.3, 0.4) is 0 Å². The van der Waals surface area contributed by atoms with Crippen LogP contribution in [0, 0.1) is 0 Å². The zero-order valence-electron chi connectivity index (χ0n) is 13.1. The number of likely N-dealkylation sites (tertiary alicyclic amines) is 1. The third kappa shape index (κ3) is 2.99. The van der Waals surface area contributed by atoms with Gasteiger partial charge in [0.25, 0.3) is 0 Å². The lowest BCUT2D eigenvalue weighted by Crippen LogP contribution is -2.19. The number of aromatic nitrogens is 2. The minimum Gasteiger partial charge on any atom is -0.314 e. The average molecular weight is 324 g/mol. The van der Waals surface area contributed by atoms with Gasteiger partial charge in [-0.25, -0.2) is 9.97 Å². The quantitative estimate of drug-likeness (QED) is 0.851. The van der Waals surface area contributed by atoms with Gasteiger partial charge >= 0.3 is 0 Å². The van der Waals surface area contributed by atoms with Crippen molar-refractivity contribution >= 4 is 29.3 Å². The molecule has 4 heterocycles. The van der Waals surface area contributed by atoms with Gasteiger partial charge in [0.15, 0.2) is 0 Å². The van der Waals surface area contributed by atoms with Gasteiger partial charge in [-0.1, -0.05) is 18.3 Å². The number of hydrogen-bond acceptors (Lipinski definition) is 5. The Hall–Kier alpha value is -1.85. The highest BCUT2D eigenvalue weighted by Gasteiger charge is 2.24. The van der Waals surface area contributed by atoms with Gasteiger partial charge in [0.1, 0.15) is 10.8 Å². The first-order chi connectivity index (χ1) is 11.3. The summed E-state index contributed by atoms with van der Waals surface area (Å²) < 4.78 is 0. The molecule has 4 nitrogen and oxygen atoms in total. The monoisotopic (exact) mass is 324 g/mol. The number of rotatable bonds is 4. The van der Waals surface area contributed by atoms with Gasteiger partial charge in [0.05, 0.1) is 17.3 Å². The Morgan fingerprint density at radius 1 is 1.22 bits per heavy atom. The van der Waals surface area contributed by atoms with Crippen molar-refractivity contribution in [2.75, 3.05) is 23.9 Å². The Labute approximate surface area is 141 Å². The van der Waals surface area contributed by atoms with E-state index in [0.717, 1.165) is 34.6 Å². The Kier molecular flexibility index (Phi) is 4.06. The summed E-state index contributed by atoms with van der Waals surface area (Å²) in [6, 6.07) is 8.48. The van der Waals surface area contributed by atoms with Gasteiger partial charge in [0, 0.05) is 12.7 Å². The molecule has 1 fully saturated rings. The normalized spacial score (nSPS) is 17.5. The van der Waals surface area contributed by atoms with Crippen LogP contribution in [0.2, 0.25) is 0 Å². The topological polar surface area (TPSA) is 32.3 Å². The summed E-state index contributed by atoms with van der Waals surface area (Å²) in [6.45, 7) is 7.25. The summed E-state index contributed by atoms with van der Waals surface area (Å²) in [5.74, 6) is 1.88. The predicted octanol–water partition coefficient (Wildman–Crippen LogP) is 3.92. The molecule has 0 unspecified atom stereocenters. The maximum atomic E-state index is 4.62. The molecule has 0 amide bonds. The fraction of sp³-hybridized carbons (Fsp3) is 0.333. The number of thioether (sulfide) groups is 1. The van der Waals surface area contributed by atoms with E-state index in [2.05, 4.69) is 44.5 Å². The number of nitrogens with zero attached hydrogens (tertiary/aromatic N) is 4. The molecule has 0 bridgehead atoms. The number of fused-ring (bicyclic) bond motifs is 1. The molecule has 2 aromatic heterocycles. The Morgan fingerprint density at radius 3 is 2.91 bits per heavy atom. The summed E-state index contributed by atoms with van der Waals surface area (Å²) in [7, 11) is 0. The van der Waals surface area contributed by atoms with Gasteiger partial charge in [0.2, 0.25) is 0 Å². The average Bonchev–Trinajstić information content (AvgIpc) is 3.23. The zero-order chi connectivity index (χ0) is 15.6. The van der Waals surface area contributed by atoms with Crippen molar-refractivity contribution in [2.24, 2.45) is 0 Å². The van der Waals surface area contributed by atoms with E-state index in [-0.39, 0.29) is 0 Å². The van der Waals surface area contributed by atoms with Crippen molar-refractivity contribution in [3.05, 3.63) is 48.3 Å². The second kappa shape index (κ2) is 6.34. The molecule has 4 rings (SSSR count). The minimum absolute atomic E-state index is 0.864. The highest BCUT2D eigenvalue weighted by Crippen LogP contribution is 2.41. The van der Waals surface area contributed by atoms with Crippen molar-refractivity contribution in [2.45, 2.75) is 24.4 Å². The smallest absolute Gasteiger partial charge is 0.134 e. The molecule has 0 aliphatic carbocycles. The Balaban J connectivity index is 1.58. The zero-order valence-corrected chi connectivity index (χ0v) is 13.9. The van der Waals surface area contributed by atoms with E-state index >= 15 is 0 Å². The van der Waals surface area contributed by atoms with Crippen molar-refractivity contribution < 1.29 is 0 Å². The number of hydrogen-bond donors (Lipinski definition) is 0. The molecule has 0 atom stereocenters. The van der Waals surface area contributed by atoms with Gasteiger partial charge in [-0.05, 0) is 61.8 Å². The summed E-state index contributed by atoms with van der Waals surface area (Å²) in [5, 5.41) is 1.06.